The van der Waals surface area contributed by atoms with Gasteiger partial charge < -0.3 is 15.2 Å². The predicted molar refractivity (Wildman–Crippen MR) is 139 cm³/mol. The molecule has 0 fully saturated rings. The normalized spacial score (nSPS) is 13.8. The average Bonchev–Trinajstić information content (AvgIpc) is 2.75. The Morgan fingerprint density at radius 3 is 2.28 bits per heavy atom. The van der Waals surface area contributed by atoms with Crippen LogP contribution in [0.5, 0.6) is 11.5 Å². The molecule has 0 saturated heterocycles. The summed E-state index contributed by atoms with van der Waals surface area (Å²) in [7, 11) is 0. The van der Waals surface area contributed by atoms with E-state index < -0.39 is 0 Å². The van der Waals surface area contributed by atoms with Gasteiger partial charge in [0.25, 0.3) is 0 Å². The van der Waals surface area contributed by atoms with Crippen LogP contribution in [0.2, 0.25) is 0 Å². The zero-order valence-corrected chi connectivity index (χ0v) is 20.8. The van der Waals surface area contributed by atoms with Gasteiger partial charge in [-0.05, 0) is 75.9 Å². The van der Waals surface area contributed by atoms with Gasteiger partial charge in [-0.15, -0.1) is 0 Å². The number of anilines is 1. The topological polar surface area (TPSA) is 41.5 Å². The van der Waals surface area contributed by atoms with Gasteiger partial charge in [-0.3, -0.25) is 0 Å². The Kier molecular flexibility index (Phi) is 10.7. The number of rotatable bonds is 10. The molecule has 0 radical (unpaired) electrons. The third kappa shape index (κ3) is 8.61. The lowest BCUT2D eigenvalue weighted by atomic mass is 9.91. The van der Waals surface area contributed by atoms with Crippen molar-refractivity contribution >= 4 is 11.3 Å². The average molecular weight is 438 g/mol. The van der Waals surface area contributed by atoms with E-state index in [-0.39, 0.29) is 5.54 Å². The fourth-order valence-corrected chi connectivity index (χ4v) is 4.21. The maximum Gasteiger partial charge on any atom is 0.120 e. The van der Waals surface area contributed by atoms with Gasteiger partial charge in [0.05, 0.1) is 12.1 Å². The fourth-order valence-electron chi connectivity index (χ4n) is 4.21. The fraction of sp³-hybridized carbons (Fsp3) is 0.517. The number of hydrogen-bond donors (Lipinski definition) is 2. The highest BCUT2D eigenvalue weighted by molar-refractivity contribution is 5.80. The molecule has 0 spiro atoms. The second-order valence-electron chi connectivity index (χ2n) is 9.31. The zero-order chi connectivity index (χ0) is 23.4. The molecule has 0 saturated carbocycles. The van der Waals surface area contributed by atoms with Gasteiger partial charge in [0.2, 0.25) is 0 Å². The number of para-hydroxylation sites is 1. The highest BCUT2D eigenvalue weighted by Gasteiger charge is 2.22. The summed E-state index contributed by atoms with van der Waals surface area (Å²) < 4.78 is 5.52. The quantitative estimate of drug-likeness (QED) is 0.367. The Bertz CT molecular complexity index is 854. The van der Waals surface area contributed by atoms with Crippen molar-refractivity contribution in [2.45, 2.75) is 91.5 Å². The van der Waals surface area contributed by atoms with Crippen LogP contribution in [0.15, 0.2) is 48.5 Å². The molecule has 1 heterocycles. The Morgan fingerprint density at radius 2 is 1.59 bits per heavy atom. The van der Waals surface area contributed by atoms with Gasteiger partial charge in [-0.1, -0.05) is 69.7 Å². The molecule has 3 nitrogen and oxygen atoms in total. The summed E-state index contributed by atoms with van der Waals surface area (Å²) in [5.74, 6) is 1.39. The van der Waals surface area contributed by atoms with Gasteiger partial charge in [0.15, 0.2) is 0 Å². The molecule has 32 heavy (non-hydrogen) atoms. The summed E-state index contributed by atoms with van der Waals surface area (Å²) in [4.78, 5) is 0. The Morgan fingerprint density at radius 1 is 0.906 bits per heavy atom. The van der Waals surface area contributed by atoms with E-state index in [0.717, 1.165) is 17.7 Å². The van der Waals surface area contributed by atoms with Crippen molar-refractivity contribution in [3.05, 3.63) is 59.7 Å². The van der Waals surface area contributed by atoms with Crippen molar-refractivity contribution < 1.29 is 9.84 Å². The molecule has 2 N–H and O–H groups in total. The van der Waals surface area contributed by atoms with Crippen molar-refractivity contribution in [3.63, 3.8) is 0 Å². The lowest BCUT2D eigenvalue weighted by Gasteiger charge is -2.31. The number of nitrogens with one attached hydrogen (secondary N) is 1. The molecule has 0 amide bonds. The second-order valence-corrected chi connectivity index (χ2v) is 9.31. The minimum absolute atomic E-state index is 0.0320. The number of benzene rings is 2. The smallest absolute Gasteiger partial charge is 0.120 e. The Labute approximate surface area is 195 Å². The number of phenolic OH excluding ortho intramolecular Hbond substituents is 1. The van der Waals surface area contributed by atoms with Gasteiger partial charge >= 0.3 is 0 Å². The molecule has 2 aromatic carbocycles. The highest BCUT2D eigenvalue weighted by atomic mass is 16.5. The van der Waals surface area contributed by atoms with Gasteiger partial charge in [0.1, 0.15) is 11.5 Å². The number of fused-ring (bicyclic) bond motifs is 1. The van der Waals surface area contributed by atoms with Gasteiger partial charge in [0, 0.05) is 11.3 Å². The molecule has 0 atom stereocenters. The monoisotopic (exact) mass is 437 g/mol. The minimum atomic E-state index is 0.0320. The van der Waals surface area contributed by atoms with Crippen LogP contribution in [-0.2, 0) is 6.42 Å². The van der Waals surface area contributed by atoms with Gasteiger partial charge in [-0.2, -0.15) is 0 Å². The SMILES string of the molecule is CCCCCCCCCc1ccccc1O.CCOc1ccc2c(c1)C(C)=CC(C)(C)N2. The zero-order valence-electron chi connectivity index (χ0n) is 20.8. The summed E-state index contributed by atoms with van der Waals surface area (Å²) in [6.45, 7) is 11.5. The van der Waals surface area contributed by atoms with Crippen LogP contribution in [0.4, 0.5) is 5.69 Å². The van der Waals surface area contributed by atoms with E-state index in [1.165, 1.54) is 61.8 Å². The molecule has 3 rings (SSSR count). The Hall–Kier alpha value is -2.42. The van der Waals surface area contributed by atoms with Crippen LogP contribution in [0.3, 0.4) is 0 Å². The van der Waals surface area contributed by atoms with E-state index in [0.29, 0.717) is 12.4 Å². The van der Waals surface area contributed by atoms with E-state index in [4.69, 9.17) is 4.74 Å². The van der Waals surface area contributed by atoms with E-state index in [2.05, 4.69) is 51.2 Å². The van der Waals surface area contributed by atoms with E-state index in [1.54, 1.807) is 6.07 Å². The van der Waals surface area contributed by atoms with Crippen molar-refractivity contribution in [2.75, 3.05) is 11.9 Å². The lowest BCUT2D eigenvalue weighted by Crippen LogP contribution is -2.31. The van der Waals surface area contributed by atoms with Crippen molar-refractivity contribution in [3.8, 4) is 11.5 Å². The molecule has 3 heteroatoms. The van der Waals surface area contributed by atoms with Crippen LogP contribution in [0.25, 0.3) is 5.57 Å². The molecule has 2 aromatic rings. The molecule has 0 aliphatic carbocycles. The third-order valence-corrected chi connectivity index (χ3v) is 5.80. The first-order chi connectivity index (χ1) is 15.4. The van der Waals surface area contributed by atoms with E-state index >= 15 is 0 Å². The summed E-state index contributed by atoms with van der Waals surface area (Å²) >= 11 is 0. The number of unbranched alkanes of at least 4 members (excludes halogenated alkanes) is 6. The maximum absolute atomic E-state index is 9.58. The first-order valence-electron chi connectivity index (χ1n) is 12.4. The number of aromatic hydroxyl groups is 1. The number of aryl methyl sites for hydroxylation is 1. The molecule has 176 valence electrons. The van der Waals surface area contributed by atoms with Crippen LogP contribution in [-0.4, -0.2) is 17.3 Å². The second kappa shape index (κ2) is 13.2. The molecule has 1 aliphatic heterocycles. The molecular weight excluding hydrogens is 394 g/mol. The lowest BCUT2D eigenvalue weighted by molar-refractivity contribution is 0.340. The van der Waals surface area contributed by atoms with Crippen LogP contribution in [0, 0.1) is 0 Å². The van der Waals surface area contributed by atoms with E-state index in [1.807, 2.05) is 31.2 Å². The summed E-state index contributed by atoms with van der Waals surface area (Å²) in [6.07, 6.45) is 12.5. The number of allylic oxidation sites excluding steroid dienone is 1. The van der Waals surface area contributed by atoms with Gasteiger partial charge in [-0.25, -0.2) is 0 Å². The Balaban J connectivity index is 0.000000227. The summed E-state index contributed by atoms with van der Waals surface area (Å²) in [6, 6.07) is 13.9. The number of ether oxygens (including phenoxy) is 1. The summed E-state index contributed by atoms with van der Waals surface area (Å²) in [5.41, 5.74) is 4.86. The third-order valence-electron chi connectivity index (χ3n) is 5.80. The first-order valence-corrected chi connectivity index (χ1v) is 12.4. The molecular formula is C29H43NO2. The largest absolute Gasteiger partial charge is 0.508 e. The highest BCUT2D eigenvalue weighted by Crippen LogP contribution is 2.35. The molecule has 1 aliphatic rings. The van der Waals surface area contributed by atoms with Crippen LogP contribution in [0.1, 0.15) is 90.7 Å². The number of hydrogen-bond acceptors (Lipinski definition) is 3. The van der Waals surface area contributed by atoms with E-state index in [9.17, 15) is 5.11 Å². The molecule has 0 bridgehead atoms. The van der Waals surface area contributed by atoms with Crippen molar-refractivity contribution in [1.82, 2.24) is 0 Å². The summed E-state index contributed by atoms with van der Waals surface area (Å²) in [5, 5.41) is 13.1. The van der Waals surface area contributed by atoms with Crippen LogP contribution < -0.4 is 10.1 Å². The molecule has 0 unspecified atom stereocenters. The first kappa shape index (κ1) is 25.8. The minimum Gasteiger partial charge on any atom is -0.508 e. The maximum atomic E-state index is 9.58. The van der Waals surface area contributed by atoms with Crippen molar-refractivity contribution in [2.24, 2.45) is 0 Å². The predicted octanol–water partition coefficient (Wildman–Crippen LogP) is 8.38. The van der Waals surface area contributed by atoms with Crippen LogP contribution >= 0.6 is 0 Å². The molecule has 0 aromatic heterocycles. The van der Waals surface area contributed by atoms with Crippen molar-refractivity contribution in [1.29, 1.82) is 0 Å². The number of phenols is 1. The standard InChI is InChI=1S/C15H24O.C14H19NO/c1-2-3-4-5-6-7-8-11-14-12-9-10-13-15(14)16;1-5-16-11-6-7-13-12(8-11)10(2)9-14(3,4)15-13/h9-10,12-13,16H,2-8,11H2,1H3;6-9,15H,5H2,1-4H3.